The molecular formula is C19H25NO. The molecule has 0 aliphatic carbocycles. The van der Waals surface area contributed by atoms with E-state index in [0.29, 0.717) is 5.92 Å². The Balaban J connectivity index is 2.03. The average molecular weight is 283 g/mol. The first-order valence-corrected chi connectivity index (χ1v) is 7.62. The van der Waals surface area contributed by atoms with Gasteiger partial charge >= 0.3 is 0 Å². The summed E-state index contributed by atoms with van der Waals surface area (Å²) < 4.78 is 5.17. The summed E-state index contributed by atoms with van der Waals surface area (Å²) in [6.45, 7) is 4.47. The Morgan fingerprint density at radius 3 is 2.05 bits per heavy atom. The molecule has 0 amide bonds. The molecule has 2 heteroatoms. The molecule has 112 valence electrons. The van der Waals surface area contributed by atoms with E-state index >= 15 is 0 Å². The summed E-state index contributed by atoms with van der Waals surface area (Å²) in [4.78, 5) is 0. The standard InChI is InChI=1S/C19H25NO/c1-4-14(2)16-7-9-17(10-8-16)19(20)13-15-5-11-18(21-3)12-6-15/h5-12,14,19H,4,13,20H2,1-3H3. The molecule has 0 fully saturated rings. The van der Waals surface area contributed by atoms with Crippen LogP contribution in [0.25, 0.3) is 0 Å². The van der Waals surface area contributed by atoms with Crippen molar-refractivity contribution in [2.75, 3.05) is 7.11 Å². The molecule has 2 aromatic rings. The van der Waals surface area contributed by atoms with E-state index in [1.54, 1.807) is 7.11 Å². The van der Waals surface area contributed by atoms with Crippen LogP contribution in [-0.4, -0.2) is 7.11 Å². The summed E-state index contributed by atoms with van der Waals surface area (Å²) in [5.74, 6) is 1.49. The van der Waals surface area contributed by atoms with Gasteiger partial charge in [-0.15, -0.1) is 0 Å². The van der Waals surface area contributed by atoms with Crippen molar-refractivity contribution < 1.29 is 4.74 Å². The largest absolute Gasteiger partial charge is 0.497 e. The lowest BCUT2D eigenvalue weighted by molar-refractivity contribution is 0.414. The lowest BCUT2D eigenvalue weighted by Gasteiger charge is -2.15. The van der Waals surface area contributed by atoms with Crippen LogP contribution in [0.2, 0.25) is 0 Å². The van der Waals surface area contributed by atoms with Crippen molar-refractivity contribution >= 4 is 0 Å². The van der Waals surface area contributed by atoms with Crippen molar-refractivity contribution in [3.05, 3.63) is 65.2 Å². The molecule has 2 N–H and O–H groups in total. The highest BCUT2D eigenvalue weighted by Crippen LogP contribution is 2.22. The van der Waals surface area contributed by atoms with Gasteiger partial charge in [-0.1, -0.05) is 50.2 Å². The van der Waals surface area contributed by atoms with Gasteiger partial charge in [-0.25, -0.2) is 0 Å². The van der Waals surface area contributed by atoms with Crippen LogP contribution in [0.3, 0.4) is 0 Å². The monoisotopic (exact) mass is 283 g/mol. The van der Waals surface area contributed by atoms with E-state index in [2.05, 4.69) is 50.2 Å². The van der Waals surface area contributed by atoms with Gasteiger partial charge in [-0.05, 0) is 47.6 Å². The number of ether oxygens (including phenoxy) is 1. The first-order chi connectivity index (χ1) is 10.1. The summed E-state index contributed by atoms with van der Waals surface area (Å²) in [6.07, 6.45) is 2.00. The first kappa shape index (κ1) is 15.6. The maximum Gasteiger partial charge on any atom is 0.118 e. The number of hydrogen-bond acceptors (Lipinski definition) is 2. The second kappa shape index (κ2) is 7.28. The van der Waals surface area contributed by atoms with Gasteiger partial charge in [0.2, 0.25) is 0 Å². The van der Waals surface area contributed by atoms with Crippen molar-refractivity contribution in [1.82, 2.24) is 0 Å². The Morgan fingerprint density at radius 2 is 1.52 bits per heavy atom. The van der Waals surface area contributed by atoms with Gasteiger partial charge in [-0.3, -0.25) is 0 Å². The van der Waals surface area contributed by atoms with E-state index in [1.807, 2.05) is 12.1 Å². The molecule has 0 saturated carbocycles. The minimum atomic E-state index is 0.0318. The Morgan fingerprint density at radius 1 is 0.952 bits per heavy atom. The van der Waals surface area contributed by atoms with Crippen LogP contribution in [0, 0.1) is 0 Å². The minimum absolute atomic E-state index is 0.0318. The molecule has 0 aliphatic heterocycles. The molecule has 0 saturated heterocycles. The predicted molar refractivity (Wildman–Crippen MR) is 88.8 cm³/mol. The van der Waals surface area contributed by atoms with Crippen LogP contribution >= 0.6 is 0 Å². The molecule has 0 aliphatic rings. The second-order valence-electron chi connectivity index (χ2n) is 5.63. The molecule has 2 nitrogen and oxygen atoms in total. The zero-order valence-corrected chi connectivity index (χ0v) is 13.2. The molecule has 2 atom stereocenters. The average Bonchev–Trinajstić information content (AvgIpc) is 2.55. The fourth-order valence-corrected chi connectivity index (χ4v) is 2.44. The molecule has 2 aromatic carbocycles. The zero-order valence-electron chi connectivity index (χ0n) is 13.2. The molecule has 0 heterocycles. The third-order valence-electron chi connectivity index (χ3n) is 4.16. The Kier molecular flexibility index (Phi) is 5.40. The van der Waals surface area contributed by atoms with Crippen molar-refractivity contribution in [3.8, 4) is 5.75 Å². The number of hydrogen-bond donors (Lipinski definition) is 1. The van der Waals surface area contributed by atoms with Gasteiger partial charge in [0, 0.05) is 6.04 Å². The third kappa shape index (κ3) is 4.08. The third-order valence-corrected chi connectivity index (χ3v) is 4.16. The van der Waals surface area contributed by atoms with Crippen LogP contribution in [0.1, 0.15) is 48.9 Å². The molecule has 21 heavy (non-hydrogen) atoms. The van der Waals surface area contributed by atoms with E-state index in [1.165, 1.54) is 16.7 Å². The molecule has 0 spiro atoms. The Labute approximate surface area is 127 Å². The number of methoxy groups -OCH3 is 1. The summed E-state index contributed by atoms with van der Waals surface area (Å²) in [7, 11) is 1.68. The van der Waals surface area contributed by atoms with Crippen LogP contribution < -0.4 is 10.5 Å². The SMILES string of the molecule is CCC(C)c1ccc(C(N)Cc2ccc(OC)cc2)cc1. The minimum Gasteiger partial charge on any atom is -0.497 e. The number of benzene rings is 2. The van der Waals surface area contributed by atoms with E-state index in [-0.39, 0.29) is 6.04 Å². The second-order valence-corrected chi connectivity index (χ2v) is 5.63. The van der Waals surface area contributed by atoms with E-state index in [4.69, 9.17) is 10.5 Å². The number of rotatable bonds is 6. The van der Waals surface area contributed by atoms with Crippen molar-refractivity contribution in [2.45, 2.75) is 38.6 Å². The van der Waals surface area contributed by atoms with Gasteiger partial charge in [0.1, 0.15) is 5.75 Å². The highest BCUT2D eigenvalue weighted by atomic mass is 16.5. The highest BCUT2D eigenvalue weighted by Gasteiger charge is 2.09. The lowest BCUT2D eigenvalue weighted by Crippen LogP contribution is -2.13. The van der Waals surface area contributed by atoms with Gasteiger partial charge < -0.3 is 10.5 Å². The Bertz CT molecular complexity index is 545. The lowest BCUT2D eigenvalue weighted by atomic mass is 9.94. The highest BCUT2D eigenvalue weighted by molar-refractivity contribution is 5.31. The Hall–Kier alpha value is -1.80. The van der Waals surface area contributed by atoms with E-state index < -0.39 is 0 Å². The number of nitrogens with two attached hydrogens (primary N) is 1. The molecule has 2 unspecified atom stereocenters. The first-order valence-electron chi connectivity index (χ1n) is 7.62. The van der Waals surface area contributed by atoms with Gasteiger partial charge in [0.05, 0.1) is 7.11 Å². The molecule has 2 rings (SSSR count). The van der Waals surface area contributed by atoms with Crippen molar-refractivity contribution in [2.24, 2.45) is 5.73 Å². The topological polar surface area (TPSA) is 35.2 Å². The predicted octanol–water partition coefficient (Wildman–Crippen LogP) is 4.45. The van der Waals surface area contributed by atoms with E-state index in [0.717, 1.165) is 18.6 Å². The summed E-state index contributed by atoms with van der Waals surface area (Å²) in [5, 5.41) is 0. The normalized spacial score (nSPS) is 13.7. The van der Waals surface area contributed by atoms with Crippen LogP contribution in [-0.2, 0) is 6.42 Å². The van der Waals surface area contributed by atoms with Crippen LogP contribution in [0.4, 0.5) is 0 Å². The maximum atomic E-state index is 6.33. The van der Waals surface area contributed by atoms with Gasteiger partial charge in [0.25, 0.3) is 0 Å². The van der Waals surface area contributed by atoms with Crippen LogP contribution in [0.15, 0.2) is 48.5 Å². The van der Waals surface area contributed by atoms with Crippen molar-refractivity contribution in [1.29, 1.82) is 0 Å². The van der Waals surface area contributed by atoms with Crippen molar-refractivity contribution in [3.63, 3.8) is 0 Å². The quantitative estimate of drug-likeness (QED) is 0.850. The smallest absolute Gasteiger partial charge is 0.118 e. The summed E-state index contributed by atoms with van der Waals surface area (Å²) in [6, 6.07) is 16.9. The fourth-order valence-electron chi connectivity index (χ4n) is 2.44. The molecule has 0 bridgehead atoms. The van der Waals surface area contributed by atoms with E-state index in [9.17, 15) is 0 Å². The van der Waals surface area contributed by atoms with Gasteiger partial charge in [0.15, 0.2) is 0 Å². The molecular weight excluding hydrogens is 258 g/mol. The summed E-state index contributed by atoms with van der Waals surface area (Å²) in [5.41, 5.74) is 10.1. The fraction of sp³-hybridized carbons (Fsp3) is 0.368. The molecule has 0 aromatic heterocycles. The zero-order chi connectivity index (χ0) is 15.2. The summed E-state index contributed by atoms with van der Waals surface area (Å²) >= 11 is 0. The maximum absolute atomic E-state index is 6.33. The van der Waals surface area contributed by atoms with Gasteiger partial charge in [-0.2, -0.15) is 0 Å². The molecule has 0 radical (unpaired) electrons. The van der Waals surface area contributed by atoms with Crippen LogP contribution in [0.5, 0.6) is 5.75 Å².